The number of benzene rings is 2. The van der Waals surface area contributed by atoms with Crippen molar-refractivity contribution in [1.29, 1.82) is 0 Å². The number of sulfonamides is 1. The Morgan fingerprint density at radius 1 is 1.19 bits per heavy atom. The van der Waals surface area contributed by atoms with Gasteiger partial charge in [-0.25, -0.2) is 8.42 Å². The van der Waals surface area contributed by atoms with E-state index >= 15 is 0 Å². The minimum Gasteiger partial charge on any atom is -0.489 e. The number of nitrogens with zero attached hydrogens (tertiary/aromatic N) is 2. The number of hydrogen-bond donors (Lipinski definition) is 1. The quantitative estimate of drug-likeness (QED) is 0.471. The number of carbonyl (C=O) groups is 1. The number of amides is 1. The van der Waals surface area contributed by atoms with Crippen LogP contribution in [0.2, 0.25) is 0 Å². The van der Waals surface area contributed by atoms with Crippen molar-refractivity contribution in [3.63, 3.8) is 0 Å². The average molecular weight is 464 g/mol. The Kier molecular flexibility index (Phi) is 7.44. The molecule has 11 heteroatoms. The molecule has 10 nitrogen and oxygen atoms in total. The molecule has 172 valence electrons. The first-order valence-electron chi connectivity index (χ1n) is 10.1. The van der Waals surface area contributed by atoms with E-state index in [0.29, 0.717) is 24.5 Å². The molecule has 1 aliphatic heterocycles. The fraction of sp³-hybridized carbons (Fsp3) is 0.381. The molecule has 0 radical (unpaired) electrons. The van der Waals surface area contributed by atoms with Gasteiger partial charge in [0.2, 0.25) is 15.9 Å². The summed E-state index contributed by atoms with van der Waals surface area (Å²) in [5.74, 6) is -0.0636. The largest absolute Gasteiger partial charge is 0.489 e. The third-order valence-corrected chi connectivity index (χ3v) is 6.60. The number of hydrogen-bond acceptors (Lipinski definition) is 7. The number of morpholine rings is 1. The van der Waals surface area contributed by atoms with Gasteiger partial charge in [-0.2, -0.15) is 4.31 Å². The van der Waals surface area contributed by atoms with E-state index in [9.17, 15) is 23.3 Å². The average Bonchev–Trinajstić information content (AvgIpc) is 2.75. The monoisotopic (exact) mass is 463 g/mol. The summed E-state index contributed by atoms with van der Waals surface area (Å²) in [6.07, 6.45) is -0.235. The van der Waals surface area contributed by atoms with E-state index in [0.717, 1.165) is 0 Å². The van der Waals surface area contributed by atoms with Crippen LogP contribution in [0.5, 0.6) is 5.75 Å². The van der Waals surface area contributed by atoms with Gasteiger partial charge in [0.25, 0.3) is 5.69 Å². The zero-order chi connectivity index (χ0) is 23.3. The number of nitrogens with one attached hydrogen (secondary N) is 1. The van der Waals surface area contributed by atoms with Crippen molar-refractivity contribution in [2.75, 3.05) is 31.6 Å². The second kappa shape index (κ2) is 10.1. The molecule has 3 rings (SSSR count). The topological polar surface area (TPSA) is 128 Å². The Hall–Kier alpha value is -3.02. The molecule has 0 aromatic heterocycles. The highest BCUT2D eigenvalue weighted by molar-refractivity contribution is 7.89. The molecule has 1 amide bonds. The van der Waals surface area contributed by atoms with Crippen LogP contribution in [0.15, 0.2) is 47.4 Å². The Balaban J connectivity index is 1.83. The predicted molar refractivity (Wildman–Crippen MR) is 117 cm³/mol. The van der Waals surface area contributed by atoms with Crippen LogP contribution in [0.3, 0.4) is 0 Å². The minimum absolute atomic E-state index is 0.0421. The van der Waals surface area contributed by atoms with Crippen molar-refractivity contribution in [2.45, 2.75) is 31.3 Å². The molecule has 32 heavy (non-hydrogen) atoms. The lowest BCUT2D eigenvalue weighted by molar-refractivity contribution is -0.384. The first-order valence-corrected chi connectivity index (χ1v) is 11.5. The smallest absolute Gasteiger partial charge is 0.269 e. The number of carbonyl (C=O) groups excluding carboxylic acids is 1. The molecule has 0 unspecified atom stereocenters. The third kappa shape index (κ3) is 5.81. The Morgan fingerprint density at radius 2 is 1.84 bits per heavy atom. The van der Waals surface area contributed by atoms with E-state index in [2.05, 4.69) is 5.32 Å². The second-order valence-corrected chi connectivity index (χ2v) is 9.43. The summed E-state index contributed by atoms with van der Waals surface area (Å²) in [4.78, 5) is 22.9. The van der Waals surface area contributed by atoms with E-state index in [1.165, 1.54) is 46.8 Å². The van der Waals surface area contributed by atoms with Crippen molar-refractivity contribution in [3.05, 3.63) is 58.1 Å². The van der Waals surface area contributed by atoms with Crippen LogP contribution >= 0.6 is 0 Å². The first-order chi connectivity index (χ1) is 15.2. The second-order valence-electron chi connectivity index (χ2n) is 7.49. The van der Waals surface area contributed by atoms with Crippen molar-refractivity contribution in [3.8, 4) is 5.75 Å². The molecule has 1 N–H and O–H groups in total. The van der Waals surface area contributed by atoms with Crippen LogP contribution in [-0.2, 0) is 26.0 Å². The predicted octanol–water partition coefficient (Wildman–Crippen LogP) is 2.58. The van der Waals surface area contributed by atoms with Gasteiger partial charge in [-0.05, 0) is 37.6 Å². The molecular weight excluding hydrogens is 438 g/mol. The fourth-order valence-corrected chi connectivity index (χ4v) is 4.61. The number of nitro groups is 1. The summed E-state index contributed by atoms with van der Waals surface area (Å²) in [6.45, 7) is 4.81. The number of non-ortho nitro benzene ring substituents is 1. The maximum Gasteiger partial charge on any atom is 0.269 e. The lowest BCUT2D eigenvalue weighted by atomic mass is 10.1. The van der Waals surface area contributed by atoms with Crippen molar-refractivity contribution in [2.24, 2.45) is 0 Å². The van der Waals surface area contributed by atoms with Gasteiger partial charge in [0.05, 0.1) is 41.2 Å². The number of rotatable bonds is 8. The molecule has 1 saturated heterocycles. The van der Waals surface area contributed by atoms with Gasteiger partial charge in [0.1, 0.15) is 5.75 Å². The molecule has 1 fully saturated rings. The van der Waals surface area contributed by atoms with Gasteiger partial charge < -0.3 is 14.8 Å². The van der Waals surface area contributed by atoms with Crippen LogP contribution in [0.25, 0.3) is 0 Å². The van der Waals surface area contributed by atoms with Gasteiger partial charge in [-0.1, -0.05) is 12.1 Å². The molecule has 0 bridgehead atoms. The lowest BCUT2D eigenvalue weighted by Gasteiger charge is -2.26. The Bertz CT molecular complexity index is 1080. The van der Waals surface area contributed by atoms with Crippen LogP contribution in [0, 0.1) is 10.1 Å². The first kappa shape index (κ1) is 23.6. The fourth-order valence-electron chi connectivity index (χ4n) is 3.18. The van der Waals surface area contributed by atoms with E-state index in [1.54, 1.807) is 0 Å². The van der Waals surface area contributed by atoms with Crippen molar-refractivity contribution in [1.82, 2.24) is 4.31 Å². The molecule has 0 spiro atoms. The highest BCUT2D eigenvalue weighted by atomic mass is 32.2. The number of nitro benzene ring substituents is 1. The maximum atomic E-state index is 13.0. The van der Waals surface area contributed by atoms with Gasteiger partial charge in [0, 0.05) is 25.2 Å². The molecule has 2 aromatic rings. The lowest BCUT2D eigenvalue weighted by Crippen LogP contribution is -2.40. The summed E-state index contributed by atoms with van der Waals surface area (Å²) in [7, 11) is -3.75. The van der Waals surface area contributed by atoms with Gasteiger partial charge in [-0.15, -0.1) is 0 Å². The van der Waals surface area contributed by atoms with Gasteiger partial charge in [-0.3, -0.25) is 14.9 Å². The minimum atomic E-state index is -3.75. The highest BCUT2D eigenvalue weighted by Crippen LogP contribution is 2.30. The van der Waals surface area contributed by atoms with E-state index in [1.807, 2.05) is 13.8 Å². The third-order valence-electron chi connectivity index (χ3n) is 4.71. The van der Waals surface area contributed by atoms with Crippen molar-refractivity contribution >= 4 is 27.3 Å². The van der Waals surface area contributed by atoms with Crippen LogP contribution < -0.4 is 10.1 Å². The standard InChI is InChI=1S/C21H25N3O7S/c1-15(2)31-20-8-7-18(32(28,29)23-9-11-30-12-10-23)14-19(20)22-21(25)13-16-3-5-17(6-4-16)24(26)27/h3-8,14-15H,9-13H2,1-2H3,(H,22,25). The van der Waals surface area contributed by atoms with E-state index in [4.69, 9.17) is 9.47 Å². The summed E-state index contributed by atoms with van der Waals surface area (Å²) in [5, 5.41) is 13.5. The summed E-state index contributed by atoms with van der Waals surface area (Å²) in [6, 6.07) is 10.0. The molecule has 2 aromatic carbocycles. The Morgan fingerprint density at radius 3 is 2.44 bits per heavy atom. The Labute approximate surface area is 186 Å². The number of ether oxygens (including phenoxy) is 2. The normalized spacial score (nSPS) is 14.8. The number of anilines is 1. The van der Waals surface area contributed by atoms with Gasteiger partial charge in [0.15, 0.2) is 0 Å². The summed E-state index contributed by atoms with van der Waals surface area (Å²) < 4.78 is 38.3. The molecule has 1 heterocycles. The van der Waals surface area contributed by atoms with Crippen LogP contribution in [-0.4, -0.2) is 56.0 Å². The van der Waals surface area contributed by atoms with Gasteiger partial charge >= 0.3 is 0 Å². The SMILES string of the molecule is CC(C)Oc1ccc(S(=O)(=O)N2CCOCC2)cc1NC(=O)Cc1ccc([N+](=O)[O-])cc1. The van der Waals surface area contributed by atoms with Crippen LogP contribution in [0.4, 0.5) is 11.4 Å². The molecule has 0 saturated carbocycles. The summed E-state index contributed by atoms with van der Waals surface area (Å²) >= 11 is 0. The highest BCUT2D eigenvalue weighted by Gasteiger charge is 2.27. The molecular formula is C21H25N3O7S. The maximum absolute atomic E-state index is 13.0. The zero-order valence-corrected chi connectivity index (χ0v) is 18.6. The van der Waals surface area contributed by atoms with E-state index in [-0.39, 0.29) is 41.9 Å². The van der Waals surface area contributed by atoms with Crippen molar-refractivity contribution < 1.29 is 27.6 Å². The zero-order valence-electron chi connectivity index (χ0n) is 17.8. The van der Waals surface area contributed by atoms with Crippen LogP contribution in [0.1, 0.15) is 19.4 Å². The van der Waals surface area contributed by atoms with E-state index < -0.39 is 20.9 Å². The molecule has 0 atom stereocenters. The molecule has 1 aliphatic rings. The molecule has 0 aliphatic carbocycles. The summed E-state index contributed by atoms with van der Waals surface area (Å²) in [5.41, 5.74) is 0.749.